The number of esters is 2. The van der Waals surface area contributed by atoms with Gasteiger partial charge in [0.25, 0.3) is 5.91 Å². The fraction of sp³-hybridized carbons (Fsp3) is 0.727. The van der Waals surface area contributed by atoms with Crippen LogP contribution in [0.25, 0.3) is 0 Å². The summed E-state index contributed by atoms with van der Waals surface area (Å²) in [6.07, 6.45) is 0. The molecule has 20 heavy (non-hydrogen) atoms. The van der Waals surface area contributed by atoms with E-state index >= 15 is 0 Å². The molecule has 9 heteroatoms. The van der Waals surface area contributed by atoms with E-state index in [4.69, 9.17) is 16.3 Å². The van der Waals surface area contributed by atoms with Gasteiger partial charge in [0.15, 0.2) is 0 Å². The third kappa shape index (κ3) is 2.42. The summed E-state index contributed by atoms with van der Waals surface area (Å²) in [5.41, 5.74) is 0. The number of β-lactam (4-membered cyclic amide) rings is 1. The summed E-state index contributed by atoms with van der Waals surface area (Å²) in [6, 6.07) is -0.759. The molecule has 6 nitrogen and oxygen atoms in total. The highest BCUT2D eigenvalue weighted by atomic mass is 79.9. The Bertz CT molecular complexity index is 483. The molecule has 3 atom stereocenters. The van der Waals surface area contributed by atoms with Gasteiger partial charge >= 0.3 is 11.9 Å². The van der Waals surface area contributed by atoms with Crippen LogP contribution in [0.1, 0.15) is 20.8 Å². The van der Waals surface area contributed by atoms with Gasteiger partial charge in [-0.3, -0.25) is 9.59 Å². The van der Waals surface area contributed by atoms with Gasteiger partial charge in [0.1, 0.15) is 11.4 Å². The largest absolute Gasteiger partial charge is 0.428 e. The molecule has 2 aliphatic heterocycles. The van der Waals surface area contributed by atoms with Gasteiger partial charge in [0.05, 0.1) is 0 Å². The average Bonchev–Trinajstić information content (AvgIpc) is 2.58. The van der Waals surface area contributed by atoms with E-state index in [-0.39, 0.29) is 11.3 Å². The molecule has 2 rings (SSSR count). The van der Waals surface area contributed by atoms with Gasteiger partial charge in [-0.1, -0.05) is 27.5 Å². The lowest BCUT2D eigenvalue weighted by Crippen LogP contribution is -2.68. The Morgan fingerprint density at radius 2 is 2.05 bits per heavy atom. The van der Waals surface area contributed by atoms with E-state index in [0.29, 0.717) is 0 Å². The topological polar surface area (TPSA) is 72.9 Å². The highest BCUT2D eigenvalue weighted by Gasteiger charge is 2.70. The SMILES string of the molecule is CC(=O)OCOC(=O)[C@@H]1N2C(=O)[C@@](Cl)(Br)[C@H]2SC1(C)C. The van der Waals surface area contributed by atoms with Crippen molar-refractivity contribution in [2.45, 2.75) is 40.7 Å². The van der Waals surface area contributed by atoms with E-state index in [1.807, 2.05) is 13.8 Å². The van der Waals surface area contributed by atoms with Crippen LogP contribution in [-0.4, -0.2) is 49.5 Å². The van der Waals surface area contributed by atoms with Crippen LogP contribution in [0.2, 0.25) is 0 Å². The zero-order chi connectivity index (χ0) is 15.3. The molecule has 0 aromatic rings. The zero-order valence-electron chi connectivity index (χ0n) is 11.0. The Balaban J connectivity index is 2.09. The number of hydrogen-bond acceptors (Lipinski definition) is 6. The summed E-state index contributed by atoms with van der Waals surface area (Å²) in [4.78, 5) is 36.1. The van der Waals surface area contributed by atoms with Crippen molar-refractivity contribution < 1.29 is 23.9 Å². The molecule has 0 aromatic heterocycles. The number of rotatable bonds is 3. The Kier molecular flexibility index (Phi) is 4.03. The van der Waals surface area contributed by atoms with Crippen molar-refractivity contribution in [2.75, 3.05) is 6.79 Å². The molecule has 2 heterocycles. The zero-order valence-corrected chi connectivity index (χ0v) is 14.2. The summed E-state index contributed by atoms with van der Waals surface area (Å²) < 4.78 is 7.74. The molecule has 1 amide bonds. The number of carbonyl (C=O) groups is 3. The van der Waals surface area contributed by atoms with Gasteiger partial charge in [-0.2, -0.15) is 0 Å². The second-order valence-electron chi connectivity index (χ2n) is 5.03. The van der Waals surface area contributed by atoms with Gasteiger partial charge in [0.2, 0.25) is 10.6 Å². The summed E-state index contributed by atoms with van der Waals surface area (Å²) in [6.45, 7) is 4.42. The summed E-state index contributed by atoms with van der Waals surface area (Å²) >= 11 is 10.7. The summed E-state index contributed by atoms with van der Waals surface area (Å²) in [5, 5.41) is -0.335. The molecule has 0 radical (unpaired) electrons. The minimum atomic E-state index is -1.17. The lowest BCUT2D eigenvalue weighted by atomic mass is 9.98. The van der Waals surface area contributed by atoms with Crippen molar-refractivity contribution >= 4 is 57.1 Å². The quantitative estimate of drug-likeness (QED) is 0.316. The molecular formula is C11H13BrClNO5S. The van der Waals surface area contributed by atoms with E-state index in [1.54, 1.807) is 0 Å². The number of amides is 1. The third-order valence-electron chi connectivity index (χ3n) is 3.12. The second-order valence-corrected chi connectivity index (χ2v) is 9.07. The van der Waals surface area contributed by atoms with Crippen molar-refractivity contribution in [1.29, 1.82) is 0 Å². The van der Waals surface area contributed by atoms with Gasteiger partial charge in [-0.05, 0) is 13.8 Å². The van der Waals surface area contributed by atoms with Crippen LogP contribution in [0, 0.1) is 0 Å². The molecule has 0 aromatic carbocycles. The number of fused-ring (bicyclic) bond motifs is 1. The smallest absolute Gasteiger partial charge is 0.333 e. The van der Waals surface area contributed by atoms with E-state index in [0.717, 1.165) is 0 Å². The molecule has 112 valence electrons. The van der Waals surface area contributed by atoms with E-state index in [9.17, 15) is 14.4 Å². The van der Waals surface area contributed by atoms with E-state index in [2.05, 4.69) is 20.7 Å². The lowest BCUT2D eigenvalue weighted by molar-refractivity contribution is -0.174. The minimum absolute atomic E-state index is 0.335. The van der Waals surface area contributed by atoms with Crippen LogP contribution >= 0.6 is 39.3 Å². The first-order chi connectivity index (χ1) is 9.09. The normalized spacial score (nSPS) is 34.2. The van der Waals surface area contributed by atoms with Gasteiger partial charge < -0.3 is 14.4 Å². The van der Waals surface area contributed by atoms with E-state index in [1.165, 1.54) is 23.6 Å². The van der Waals surface area contributed by atoms with Crippen LogP contribution < -0.4 is 0 Å². The van der Waals surface area contributed by atoms with Crippen molar-refractivity contribution in [1.82, 2.24) is 4.90 Å². The number of nitrogens with zero attached hydrogens (tertiary/aromatic N) is 1. The Morgan fingerprint density at radius 1 is 1.45 bits per heavy atom. The van der Waals surface area contributed by atoms with Crippen molar-refractivity contribution in [3.63, 3.8) is 0 Å². The molecule has 0 aliphatic carbocycles. The number of carbonyl (C=O) groups excluding carboxylic acids is 3. The van der Waals surface area contributed by atoms with Crippen molar-refractivity contribution in [3.8, 4) is 0 Å². The highest BCUT2D eigenvalue weighted by Crippen LogP contribution is 2.59. The maximum atomic E-state index is 12.1. The molecule has 2 aliphatic rings. The predicted molar refractivity (Wildman–Crippen MR) is 76.3 cm³/mol. The molecule has 0 N–H and O–H groups in total. The molecular weight excluding hydrogens is 374 g/mol. The number of ether oxygens (including phenoxy) is 2. The Labute approximate surface area is 133 Å². The maximum absolute atomic E-state index is 12.1. The molecule has 2 saturated heterocycles. The van der Waals surface area contributed by atoms with Gasteiger partial charge in [0, 0.05) is 11.7 Å². The number of halogens is 2. The molecule has 0 spiro atoms. The first kappa shape index (κ1) is 15.9. The number of alkyl halides is 2. The molecule has 2 fully saturated rings. The standard InChI is InChI=1S/C11H13BrClNO5S/c1-5(15)18-4-19-7(16)6-10(2,3)20-9-11(12,13)8(17)14(6)9/h6,9H,4H2,1-3H3/t6-,9+,11-/m0/s1. The monoisotopic (exact) mass is 385 g/mol. The number of hydrogen-bond donors (Lipinski definition) is 0. The molecule has 0 bridgehead atoms. The van der Waals surface area contributed by atoms with Crippen LogP contribution in [0.5, 0.6) is 0 Å². The Hall–Kier alpha value is -0.470. The third-order valence-corrected chi connectivity index (χ3v) is 6.33. The number of thioether (sulfide) groups is 1. The van der Waals surface area contributed by atoms with Gasteiger partial charge in [-0.25, -0.2) is 4.79 Å². The highest BCUT2D eigenvalue weighted by molar-refractivity contribution is 9.11. The van der Waals surface area contributed by atoms with Crippen LogP contribution in [0.3, 0.4) is 0 Å². The van der Waals surface area contributed by atoms with Crippen LogP contribution in [-0.2, 0) is 23.9 Å². The Morgan fingerprint density at radius 3 is 2.60 bits per heavy atom. The first-order valence-electron chi connectivity index (χ1n) is 5.77. The fourth-order valence-corrected chi connectivity index (χ4v) is 4.75. The van der Waals surface area contributed by atoms with Gasteiger partial charge in [-0.15, -0.1) is 11.8 Å². The first-order valence-corrected chi connectivity index (χ1v) is 7.82. The predicted octanol–water partition coefficient (Wildman–Crippen LogP) is 1.44. The lowest BCUT2D eigenvalue weighted by Gasteiger charge is -2.46. The fourth-order valence-electron chi connectivity index (χ4n) is 2.21. The van der Waals surface area contributed by atoms with Crippen LogP contribution in [0.4, 0.5) is 0 Å². The average molecular weight is 387 g/mol. The maximum Gasteiger partial charge on any atom is 0.333 e. The molecule has 0 unspecified atom stereocenters. The second kappa shape index (κ2) is 5.06. The molecule has 0 saturated carbocycles. The van der Waals surface area contributed by atoms with Crippen LogP contribution in [0.15, 0.2) is 0 Å². The minimum Gasteiger partial charge on any atom is -0.428 e. The summed E-state index contributed by atoms with van der Waals surface area (Å²) in [7, 11) is 0. The van der Waals surface area contributed by atoms with Crippen molar-refractivity contribution in [2.24, 2.45) is 0 Å². The van der Waals surface area contributed by atoms with E-state index < -0.39 is 33.3 Å². The summed E-state index contributed by atoms with van der Waals surface area (Å²) in [5.74, 6) is -1.52. The van der Waals surface area contributed by atoms with Crippen molar-refractivity contribution in [3.05, 3.63) is 0 Å².